The van der Waals surface area contributed by atoms with Crippen LogP contribution in [0.5, 0.6) is 0 Å². The van der Waals surface area contributed by atoms with E-state index >= 15 is 0 Å². The van der Waals surface area contributed by atoms with Crippen LogP contribution < -0.4 is 10.6 Å². The molecule has 0 aromatic carbocycles. The molecular formula is C11H20N4O2S. The van der Waals surface area contributed by atoms with E-state index in [4.69, 9.17) is 4.74 Å². The van der Waals surface area contributed by atoms with Crippen LogP contribution in [-0.2, 0) is 4.74 Å². The van der Waals surface area contributed by atoms with Crippen LogP contribution in [0.25, 0.3) is 0 Å². The number of anilines is 1. The molecule has 1 heterocycles. The third-order valence-corrected chi connectivity index (χ3v) is 2.60. The number of aromatic nitrogens is 2. The molecule has 0 fully saturated rings. The summed E-state index contributed by atoms with van der Waals surface area (Å²) in [5.41, 5.74) is 0.203. The summed E-state index contributed by atoms with van der Waals surface area (Å²) in [6.07, 6.45) is -0.514. The van der Waals surface area contributed by atoms with E-state index in [-0.39, 0.29) is 6.04 Å². The van der Waals surface area contributed by atoms with E-state index in [0.29, 0.717) is 5.82 Å². The predicted octanol–water partition coefficient (Wildman–Crippen LogP) is 2.56. The second-order valence-corrected chi connectivity index (χ2v) is 5.43. The summed E-state index contributed by atoms with van der Waals surface area (Å²) in [4.78, 5) is 11.6. The summed E-state index contributed by atoms with van der Waals surface area (Å²) < 4.78 is 13.4. The maximum atomic E-state index is 11.6. The second-order valence-electron chi connectivity index (χ2n) is 4.90. The van der Waals surface area contributed by atoms with Crippen LogP contribution in [0.3, 0.4) is 0 Å². The average molecular weight is 272 g/mol. The van der Waals surface area contributed by atoms with Crippen molar-refractivity contribution >= 4 is 23.6 Å². The Hall–Kier alpha value is -1.21. The number of carbonyl (C=O) groups excluding carboxylic acids is 1. The molecule has 1 unspecified atom stereocenters. The normalized spacial score (nSPS) is 13.2. The molecule has 102 valence electrons. The molecule has 0 saturated carbocycles. The van der Waals surface area contributed by atoms with Gasteiger partial charge in [-0.1, -0.05) is 6.92 Å². The third-order valence-electron chi connectivity index (χ3n) is 2.05. The zero-order valence-corrected chi connectivity index (χ0v) is 12.2. The third kappa shape index (κ3) is 4.58. The van der Waals surface area contributed by atoms with E-state index in [1.807, 2.05) is 34.6 Å². The van der Waals surface area contributed by atoms with Crippen LogP contribution in [0, 0.1) is 0 Å². The van der Waals surface area contributed by atoms with Crippen molar-refractivity contribution in [2.24, 2.45) is 0 Å². The van der Waals surface area contributed by atoms with Gasteiger partial charge in [0.25, 0.3) is 0 Å². The molecule has 0 saturated heterocycles. The molecule has 0 bridgehead atoms. The lowest BCUT2D eigenvalue weighted by Crippen LogP contribution is -2.28. The highest BCUT2D eigenvalue weighted by Gasteiger charge is 2.20. The highest BCUT2D eigenvalue weighted by Crippen LogP contribution is 2.21. The van der Waals surface area contributed by atoms with Crippen molar-refractivity contribution < 1.29 is 9.53 Å². The summed E-state index contributed by atoms with van der Waals surface area (Å²) in [7, 11) is 0. The molecule has 6 nitrogen and oxygen atoms in total. The van der Waals surface area contributed by atoms with Crippen molar-refractivity contribution in [3.8, 4) is 0 Å². The Labute approximate surface area is 111 Å². The Balaban J connectivity index is 2.68. The maximum Gasteiger partial charge on any atom is 0.413 e. The van der Waals surface area contributed by atoms with Gasteiger partial charge in [0, 0.05) is 0 Å². The van der Waals surface area contributed by atoms with Gasteiger partial charge in [-0.3, -0.25) is 5.32 Å². The first-order chi connectivity index (χ1) is 8.33. The Bertz CT molecular complexity index is 400. The van der Waals surface area contributed by atoms with Crippen LogP contribution in [0.4, 0.5) is 10.6 Å². The number of rotatable bonds is 4. The molecule has 1 atom stereocenters. The van der Waals surface area contributed by atoms with Crippen LogP contribution >= 0.6 is 11.7 Å². The summed E-state index contributed by atoms with van der Waals surface area (Å²) in [5, 5.41) is 5.84. The van der Waals surface area contributed by atoms with Crippen molar-refractivity contribution in [1.29, 1.82) is 0 Å². The Morgan fingerprint density at radius 1 is 1.44 bits per heavy atom. The van der Waals surface area contributed by atoms with Gasteiger partial charge in [-0.2, -0.15) is 8.75 Å². The highest BCUT2D eigenvalue weighted by molar-refractivity contribution is 6.99. The lowest BCUT2D eigenvalue weighted by molar-refractivity contribution is 0.0635. The van der Waals surface area contributed by atoms with E-state index in [1.54, 1.807) is 0 Å². The number of amides is 1. The smallest absolute Gasteiger partial charge is 0.413 e. The van der Waals surface area contributed by atoms with Crippen molar-refractivity contribution in [3.63, 3.8) is 0 Å². The van der Waals surface area contributed by atoms with Gasteiger partial charge in [0.2, 0.25) is 0 Å². The topological polar surface area (TPSA) is 76.1 Å². The fourth-order valence-electron chi connectivity index (χ4n) is 1.37. The predicted molar refractivity (Wildman–Crippen MR) is 71.9 cm³/mol. The van der Waals surface area contributed by atoms with Gasteiger partial charge in [-0.05, 0) is 34.2 Å². The van der Waals surface area contributed by atoms with Gasteiger partial charge < -0.3 is 10.1 Å². The SMILES string of the molecule is CCNC(C)c1nsnc1NC(=O)OC(C)(C)C. The van der Waals surface area contributed by atoms with Gasteiger partial charge in [-0.25, -0.2) is 4.79 Å². The lowest BCUT2D eigenvalue weighted by Gasteiger charge is -2.19. The first-order valence-electron chi connectivity index (χ1n) is 5.89. The summed E-state index contributed by atoms with van der Waals surface area (Å²) >= 11 is 1.07. The fourth-order valence-corrected chi connectivity index (χ4v) is 1.96. The molecule has 18 heavy (non-hydrogen) atoms. The largest absolute Gasteiger partial charge is 0.444 e. The first kappa shape index (κ1) is 14.8. The van der Waals surface area contributed by atoms with Crippen LogP contribution in [0.2, 0.25) is 0 Å². The molecule has 0 spiro atoms. The van der Waals surface area contributed by atoms with Crippen LogP contribution in [-0.4, -0.2) is 27.0 Å². The molecular weight excluding hydrogens is 252 g/mol. The Kier molecular flexibility index (Phi) is 5.03. The molecule has 1 amide bonds. The van der Waals surface area contributed by atoms with E-state index in [0.717, 1.165) is 24.0 Å². The summed E-state index contributed by atoms with van der Waals surface area (Å²) in [5.74, 6) is 0.461. The number of nitrogens with one attached hydrogen (secondary N) is 2. The van der Waals surface area contributed by atoms with Crippen molar-refractivity contribution in [3.05, 3.63) is 5.69 Å². The van der Waals surface area contributed by atoms with Crippen molar-refractivity contribution in [2.45, 2.75) is 46.3 Å². The van der Waals surface area contributed by atoms with E-state index in [9.17, 15) is 4.79 Å². The van der Waals surface area contributed by atoms with Crippen LogP contribution in [0.15, 0.2) is 0 Å². The minimum atomic E-state index is -0.527. The molecule has 2 N–H and O–H groups in total. The monoisotopic (exact) mass is 272 g/mol. The molecule has 1 rings (SSSR count). The van der Waals surface area contributed by atoms with Gasteiger partial charge >= 0.3 is 6.09 Å². The van der Waals surface area contributed by atoms with Gasteiger partial charge in [0.05, 0.1) is 17.8 Å². The molecule has 0 aliphatic carbocycles. The van der Waals surface area contributed by atoms with Gasteiger partial charge in [0.15, 0.2) is 5.82 Å². The van der Waals surface area contributed by atoms with Gasteiger partial charge in [0.1, 0.15) is 11.3 Å². The number of hydrogen-bond acceptors (Lipinski definition) is 6. The quantitative estimate of drug-likeness (QED) is 0.881. The zero-order valence-electron chi connectivity index (χ0n) is 11.4. The first-order valence-corrected chi connectivity index (χ1v) is 6.62. The Morgan fingerprint density at radius 2 is 2.11 bits per heavy atom. The van der Waals surface area contributed by atoms with Gasteiger partial charge in [-0.15, -0.1) is 0 Å². The highest BCUT2D eigenvalue weighted by atomic mass is 32.1. The number of nitrogens with zero attached hydrogens (tertiary/aromatic N) is 2. The van der Waals surface area contributed by atoms with E-state index < -0.39 is 11.7 Å². The molecule has 7 heteroatoms. The minimum absolute atomic E-state index is 0.0405. The minimum Gasteiger partial charge on any atom is -0.444 e. The zero-order chi connectivity index (χ0) is 13.8. The molecule has 0 aliphatic rings. The van der Waals surface area contributed by atoms with Crippen molar-refractivity contribution in [2.75, 3.05) is 11.9 Å². The number of ether oxygens (including phenoxy) is 1. The standard InChI is InChI=1S/C11H20N4O2S/c1-6-12-7(2)8-9(15-18-14-8)13-10(16)17-11(3,4)5/h7,12H,6H2,1-5H3,(H,13,15,16). The average Bonchev–Trinajstić information content (AvgIpc) is 2.62. The second kappa shape index (κ2) is 6.10. The molecule has 1 aromatic rings. The fraction of sp³-hybridized carbons (Fsp3) is 0.727. The van der Waals surface area contributed by atoms with Crippen molar-refractivity contribution in [1.82, 2.24) is 14.1 Å². The summed E-state index contributed by atoms with van der Waals surface area (Å²) in [6, 6.07) is 0.0405. The van der Waals surface area contributed by atoms with E-state index in [1.165, 1.54) is 0 Å². The number of carbonyl (C=O) groups is 1. The molecule has 0 radical (unpaired) electrons. The van der Waals surface area contributed by atoms with Crippen LogP contribution in [0.1, 0.15) is 46.4 Å². The maximum absolute atomic E-state index is 11.6. The molecule has 0 aliphatic heterocycles. The lowest BCUT2D eigenvalue weighted by atomic mass is 10.2. The van der Waals surface area contributed by atoms with E-state index in [2.05, 4.69) is 19.4 Å². The Morgan fingerprint density at radius 3 is 2.67 bits per heavy atom. The molecule has 1 aromatic heterocycles. The number of hydrogen-bond donors (Lipinski definition) is 2. The summed E-state index contributed by atoms with van der Waals surface area (Å²) in [6.45, 7) is 10.2.